The molecule has 3 aliphatic rings. The van der Waals surface area contributed by atoms with Crippen molar-refractivity contribution >= 4 is 71.2 Å². The van der Waals surface area contributed by atoms with Crippen LogP contribution in [0, 0.1) is 0 Å². The Balaban J connectivity index is 1.29. The molecule has 1 aliphatic heterocycles. The van der Waals surface area contributed by atoms with E-state index in [4.69, 9.17) is 0 Å². The molecule has 0 atom stereocenters. The van der Waals surface area contributed by atoms with Crippen LogP contribution in [0.3, 0.4) is 0 Å². The maximum atomic E-state index is 2.58. The monoisotopic (exact) mass is 641 g/mol. The Morgan fingerprint density at radius 2 is 1.20 bits per heavy atom. The number of rotatable bonds is 1. The molecule has 0 saturated carbocycles. The molecule has 0 saturated heterocycles. The Kier molecular flexibility index (Phi) is 4.83. The van der Waals surface area contributed by atoms with Gasteiger partial charge in [-0.3, -0.25) is 0 Å². The van der Waals surface area contributed by atoms with Crippen LogP contribution < -0.4 is 4.90 Å². The second kappa shape index (κ2) is 8.65. The zero-order valence-electron chi connectivity index (χ0n) is 25.3. The van der Waals surface area contributed by atoms with Gasteiger partial charge in [-0.1, -0.05) is 74.5 Å². The Morgan fingerprint density at radius 1 is 0.500 bits per heavy atom. The van der Waals surface area contributed by atoms with Gasteiger partial charge in [0, 0.05) is 41.0 Å². The van der Waals surface area contributed by atoms with Crippen molar-refractivity contribution in [1.29, 1.82) is 0 Å². The first-order valence-electron chi connectivity index (χ1n) is 15.8. The fraction of sp³-hybridized carbons (Fsp3) is 0.0952. The number of fused-ring (bicyclic) bond motifs is 15. The van der Waals surface area contributed by atoms with Crippen LogP contribution in [0.1, 0.15) is 47.2 Å². The number of thiophene rings is 3. The standard InChI is InChI=1S/C42H27NS3/c1-41(2)29-11-5-3-9-25(29)27-22-34-36(23-33(27)41)43(24-15-16-38-28(21-24)26-10-4-8-14-37(26)46-38)35-13-7-6-12-30(35)42(34)31-17-19-44-39(31)40-32(42)18-20-45-40/h3-23H,1-2H3. The normalized spacial score (nSPS) is 15.9. The fourth-order valence-electron chi connectivity index (χ4n) is 8.90. The van der Waals surface area contributed by atoms with Crippen molar-refractivity contribution in [2.24, 2.45) is 0 Å². The lowest BCUT2D eigenvalue weighted by molar-refractivity contribution is 0.658. The van der Waals surface area contributed by atoms with E-state index in [1.165, 1.54) is 91.5 Å². The highest BCUT2D eigenvalue weighted by Crippen LogP contribution is 2.67. The minimum Gasteiger partial charge on any atom is -0.310 e. The Labute approximate surface area is 279 Å². The smallest absolute Gasteiger partial charge is 0.0771 e. The SMILES string of the molecule is CC1(C)c2ccccc2-c2cc3c(cc21)N(c1ccc2sc4ccccc4c2c1)c1ccccc1C31c2ccsc2-c2sccc21. The largest absolute Gasteiger partial charge is 0.310 e. The van der Waals surface area contributed by atoms with E-state index in [9.17, 15) is 0 Å². The quantitative estimate of drug-likeness (QED) is 0.172. The first-order valence-corrected chi connectivity index (χ1v) is 18.4. The molecule has 0 amide bonds. The van der Waals surface area contributed by atoms with Crippen molar-refractivity contribution in [3.8, 4) is 20.9 Å². The van der Waals surface area contributed by atoms with Crippen molar-refractivity contribution in [2.75, 3.05) is 4.90 Å². The second-order valence-electron chi connectivity index (χ2n) is 13.3. The maximum absolute atomic E-state index is 2.58. The Morgan fingerprint density at radius 3 is 2.02 bits per heavy atom. The highest BCUT2D eigenvalue weighted by molar-refractivity contribution is 7.25. The Hall–Kier alpha value is -4.48. The molecular weight excluding hydrogens is 615 g/mol. The van der Waals surface area contributed by atoms with E-state index < -0.39 is 0 Å². The minimum absolute atomic E-state index is 0.0962. The molecule has 2 aliphatic carbocycles. The van der Waals surface area contributed by atoms with Gasteiger partial charge in [-0.15, -0.1) is 34.0 Å². The van der Waals surface area contributed by atoms with Crippen molar-refractivity contribution in [3.05, 3.63) is 159 Å². The van der Waals surface area contributed by atoms with E-state index in [-0.39, 0.29) is 10.8 Å². The molecule has 218 valence electrons. The van der Waals surface area contributed by atoms with Crippen LogP contribution in [0.4, 0.5) is 17.1 Å². The number of para-hydroxylation sites is 1. The van der Waals surface area contributed by atoms with E-state index in [1.54, 1.807) is 0 Å². The van der Waals surface area contributed by atoms with Gasteiger partial charge in [-0.2, -0.15) is 0 Å². The van der Waals surface area contributed by atoms with Gasteiger partial charge >= 0.3 is 0 Å². The van der Waals surface area contributed by atoms with Crippen LogP contribution in [-0.4, -0.2) is 0 Å². The van der Waals surface area contributed by atoms with E-state index in [2.05, 4.69) is 145 Å². The molecule has 0 unspecified atom stereocenters. The predicted octanol–water partition coefficient (Wildman–Crippen LogP) is 12.6. The first kappa shape index (κ1) is 25.7. The summed E-state index contributed by atoms with van der Waals surface area (Å²) in [4.78, 5) is 5.41. The molecule has 5 aromatic carbocycles. The fourth-order valence-corrected chi connectivity index (χ4v) is 12.1. The third-order valence-electron chi connectivity index (χ3n) is 10.9. The van der Waals surface area contributed by atoms with Crippen LogP contribution >= 0.6 is 34.0 Å². The summed E-state index contributed by atoms with van der Waals surface area (Å²) in [6.45, 7) is 4.79. The minimum atomic E-state index is -0.372. The van der Waals surface area contributed by atoms with E-state index in [0.717, 1.165) is 0 Å². The molecule has 0 radical (unpaired) electrons. The average molecular weight is 642 g/mol. The molecule has 0 fully saturated rings. The van der Waals surface area contributed by atoms with Gasteiger partial charge in [0.25, 0.3) is 0 Å². The number of hydrogen-bond acceptors (Lipinski definition) is 4. The van der Waals surface area contributed by atoms with E-state index in [0.29, 0.717) is 0 Å². The van der Waals surface area contributed by atoms with Gasteiger partial charge in [-0.25, -0.2) is 0 Å². The predicted molar refractivity (Wildman–Crippen MR) is 198 cm³/mol. The maximum Gasteiger partial charge on any atom is 0.0771 e. The van der Waals surface area contributed by atoms with Crippen LogP contribution in [-0.2, 0) is 10.8 Å². The third kappa shape index (κ3) is 2.93. The van der Waals surface area contributed by atoms with Crippen LogP contribution in [0.5, 0.6) is 0 Å². The van der Waals surface area contributed by atoms with Crippen LogP contribution in [0.25, 0.3) is 41.1 Å². The average Bonchev–Trinajstić information content (AvgIpc) is 3.90. The number of nitrogens with zero attached hydrogens (tertiary/aromatic N) is 1. The summed E-state index contributed by atoms with van der Waals surface area (Å²) in [5, 5.41) is 7.25. The summed E-state index contributed by atoms with van der Waals surface area (Å²) in [6, 6.07) is 44.1. The zero-order valence-corrected chi connectivity index (χ0v) is 27.7. The number of benzene rings is 5. The van der Waals surface area contributed by atoms with Gasteiger partial charge in [0.2, 0.25) is 0 Å². The summed E-state index contributed by atoms with van der Waals surface area (Å²) in [5.41, 5.74) is 14.4. The van der Waals surface area contributed by atoms with Gasteiger partial charge < -0.3 is 4.90 Å². The Bertz CT molecular complexity index is 2550. The lowest BCUT2D eigenvalue weighted by Gasteiger charge is -2.45. The van der Waals surface area contributed by atoms with Crippen molar-refractivity contribution < 1.29 is 0 Å². The lowest BCUT2D eigenvalue weighted by atomic mass is 9.64. The van der Waals surface area contributed by atoms with Gasteiger partial charge in [0.05, 0.1) is 16.8 Å². The van der Waals surface area contributed by atoms with Crippen molar-refractivity contribution in [1.82, 2.24) is 0 Å². The highest BCUT2D eigenvalue weighted by Gasteiger charge is 2.54. The molecule has 8 aromatic rings. The molecule has 4 heteroatoms. The van der Waals surface area contributed by atoms with E-state index in [1.807, 2.05) is 34.0 Å². The summed E-state index contributed by atoms with van der Waals surface area (Å²) in [6.07, 6.45) is 0. The van der Waals surface area contributed by atoms with Gasteiger partial charge in [-0.05, 0) is 110 Å². The molecule has 11 rings (SSSR count). The zero-order chi connectivity index (χ0) is 30.4. The highest BCUT2D eigenvalue weighted by atomic mass is 32.1. The summed E-state index contributed by atoms with van der Waals surface area (Å²) in [7, 11) is 0. The molecule has 46 heavy (non-hydrogen) atoms. The summed E-state index contributed by atoms with van der Waals surface area (Å²) in [5.74, 6) is 0. The van der Waals surface area contributed by atoms with Crippen molar-refractivity contribution in [2.45, 2.75) is 24.7 Å². The van der Waals surface area contributed by atoms with Gasteiger partial charge in [0.15, 0.2) is 0 Å². The molecule has 4 heterocycles. The van der Waals surface area contributed by atoms with E-state index >= 15 is 0 Å². The second-order valence-corrected chi connectivity index (χ2v) is 16.2. The first-order chi connectivity index (χ1) is 22.6. The number of anilines is 3. The topological polar surface area (TPSA) is 3.24 Å². The molecular formula is C42H27NS3. The molecule has 0 bridgehead atoms. The molecule has 3 aromatic heterocycles. The molecule has 1 nitrogen and oxygen atoms in total. The molecule has 1 spiro atoms. The lowest BCUT2D eigenvalue weighted by Crippen LogP contribution is -2.36. The van der Waals surface area contributed by atoms with Crippen molar-refractivity contribution in [3.63, 3.8) is 0 Å². The molecule has 0 N–H and O–H groups in total. The summed E-state index contributed by atoms with van der Waals surface area (Å²) >= 11 is 5.66. The van der Waals surface area contributed by atoms with Crippen LogP contribution in [0.15, 0.2) is 126 Å². The summed E-state index contributed by atoms with van der Waals surface area (Å²) < 4.78 is 2.67. The van der Waals surface area contributed by atoms with Crippen LogP contribution in [0.2, 0.25) is 0 Å². The number of hydrogen-bond donors (Lipinski definition) is 0. The third-order valence-corrected chi connectivity index (χ3v) is 14.0. The van der Waals surface area contributed by atoms with Gasteiger partial charge in [0.1, 0.15) is 0 Å².